The molecule has 0 fully saturated rings. The third-order valence-corrected chi connectivity index (χ3v) is 7.43. The summed E-state index contributed by atoms with van der Waals surface area (Å²) in [7, 11) is 4.51. The van der Waals surface area contributed by atoms with Crippen molar-refractivity contribution in [2.75, 3.05) is 32.4 Å². The molecule has 0 saturated heterocycles. The lowest BCUT2D eigenvalue weighted by molar-refractivity contribution is -0.113. The van der Waals surface area contributed by atoms with Gasteiger partial charge in [-0.3, -0.25) is 14.4 Å². The van der Waals surface area contributed by atoms with Crippen LogP contribution in [0.3, 0.4) is 0 Å². The fourth-order valence-electron chi connectivity index (χ4n) is 4.07. The number of Topliss-reactive ketones (excluding diaryl/α,β-unsaturated/α-hetero) is 1. The van der Waals surface area contributed by atoms with Crippen molar-refractivity contribution in [2.45, 2.75) is 11.8 Å². The topological polar surface area (TPSA) is 103 Å². The normalized spacial score (nSPS) is 10.9. The fraction of sp³-hybridized carbons (Fsp3) is 0.147. The molecule has 0 radical (unpaired) electrons. The van der Waals surface area contributed by atoms with Crippen LogP contribution >= 0.6 is 11.8 Å². The van der Waals surface area contributed by atoms with E-state index in [1.54, 1.807) is 54.6 Å². The maximum atomic E-state index is 13.5. The van der Waals surface area contributed by atoms with Crippen molar-refractivity contribution >= 4 is 41.1 Å². The summed E-state index contributed by atoms with van der Waals surface area (Å²) in [6.07, 6.45) is 1.51. The smallest absolute Gasteiger partial charge is 0.272 e. The van der Waals surface area contributed by atoms with E-state index in [0.29, 0.717) is 45.4 Å². The number of aryl methyl sites for hydroxylation is 1. The lowest BCUT2D eigenvalue weighted by Crippen LogP contribution is -2.30. The zero-order valence-electron chi connectivity index (χ0n) is 24.3. The number of carbonyl (C=O) groups excluding carboxylic acids is 3. The van der Waals surface area contributed by atoms with Gasteiger partial charge in [-0.15, -0.1) is 11.8 Å². The molecule has 8 nitrogen and oxygen atoms in total. The van der Waals surface area contributed by atoms with Crippen molar-refractivity contribution in [3.05, 3.63) is 119 Å². The van der Waals surface area contributed by atoms with E-state index in [9.17, 15) is 14.4 Å². The van der Waals surface area contributed by atoms with Gasteiger partial charge in [-0.25, -0.2) is 0 Å². The Bertz CT molecular complexity index is 1620. The maximum absolute atomic E-state index is 13.5. The molecule has 4 aromatic carbocycles. The summed E-state index contributed by atoms with van der Waals surface area (Å²) in [6, 6.07) is 26.5. The summed E-state index contributed by atoms with van der Waals surface area (Å²) in [6.45, 7) is 1.98. The number of ether oxygens (including phenoxy) is 3. The average Bonchev–Trinajstić information content (AvgIpc) is 3.04. The third-order valence-electron chi connectivity index (χ3n) is 6.42. The van der Waals surface area contributed by atoms with Crippen LogP contribution in [0.25, 0.3) is 6.08 Å². The van der Waals surface area contributed by atoms with Gasteiger partial charge in [-0.1, -0.05) is 48.0 Å². The zero-order valence-corrected chi connectivity index (χ0v) is 25.1. The second-order valence-corrected chi connectivity index (χ2v) is 10.4. The molecule has 0 saturated carbocycles. The molecule has 0 unspecified atom stereocenters. The van der Waals surface area contributed by atoms with E-state index in [1.807, 2.05) is 43.3 Å². The largest absolute Gasteiger partial charge is 0.496 e. The summed E-state index contributed by atoms with van der Waals surface area (Å²) in [5, 5.41) is 5.56. The molecule has 4 rings (SSSR count). The molecule has 0 atom stereocenters. The van der Waals surface area contributed by atoms with Crippen LogP contribution in [0.1, 0.15) is 31.8 Å². The molecular weight excluding hydrogens is 564 g/mol. The highest BCUT2D eigenvalue weighted by molar-refractivity contribution is 8.00. The Hall–Kier alpha value is -5.02. The number of thioether (sulfide) groups is 1. The lowest BCUT2D eigenvalue weighted by Gasteiger charge is -2.15. The van der Waals surface area contributed by atoms with Crippen LogP contribution in [0.5, 0.6) is 17.2 Å². The Morgan fingerprint density at radius 3 is 2.00 bits per heavy atom. The van der Waals surface area contributed by atoms with Crippen molar-refractivity contribution in [3.63, 3.8) is 0 Å². The quantitative estimate of drug-likeness (QED) is 0.111. The van der Waals surface area contributed by atoms with E-state index < -0.39 is 11.8 Å². The van der Waals surface area contributed by atoms with Gasteiger partial charge < -0.3 is 24.8 Å². The predicted molar refractivity (Wildman–Crippen MR) is 169 cm³/mol. The number of hydrogen-bond acceptors (Lipinski definition) is 7. The number of anilines is 1. The summed E-state index contributed by atoms with van der Waals surface area (Å²) < 4.78 is 16.3. The van der Waals surface area contributed by atoms with E-state index in [0.717, 1.165) is 10.5 Å². The molecule has 0 aromatic heterocycles. The van der Waals surface area contributed by atoms with Crippen molar-refractivity contribution < 1.29 is 28.6 Å². The summed E-state index contributed by atoms with van der Waals surface area (Å²) >= 11 is 1.41. The number of methoxy groups -OCH3 is 3. The van der Waals surface area contributed by atoms with Gasteiger partial charge >= 0.3 is 0 Å². The molecule has 4 aromatic rings. The molecule has 43 heavy (non-hydrogen) atoms. The van der Waals surface area contributed by atoms with Gasteiger partial charge in [0.2, 0.25) is 0 Å². The van der Waals surface area contributed by atoms with Crippen molar-refractivity contribution in [1.29, 1.82) is 0 Å². The standard InChI is InChI=1S/C34H32N2O6S/c1-22-10-12-23(13-11-22)29(37)21-43-27-16-14-26(15-17-27)35-34(39)28(36-33(38)24-8-6-5-7-9-24)18-25-19-31(41-3)32(42-4)20-30(25)40-2/h5-20H,21H2,1-4H3,(H,35,39)(H,36,38)/b28-18-. The molecule has 0 aliphatic rings. The molecule has 0 spiro atoms. The first kappa shape index (κ1) is 30.9. The Labute approximate surface area is 255 Å². The van der Waals surface area contributed by atoms with E-state index >= 15 is 0 Å². The second-order valence-electron chi connectivity index (χ2n) is 9.38. The van der Waals surface area contributed by atoms with E-state index in [-0.39, 0.29) is 11.5 Å². The van der Waals surface area contributed by atoms with Crippen molar-refractivity contribution in [1.82, 2.24) is 5.32 Å². The molecular formula is C34H32N2O6S. The van der Waals surface area contributed by atoms with Crippen LogP contribution in [-0.2, 0) is 4.79 Å². The fourth-order valence-corrected chi connectivity index (χ4v) is 4.86. The first-order chi connectivity index (χ1) is 20.8. The van der Waals surface area contributed by atoms with Gasteiger partial charge in [0.15, 0.2) is 17.3 Å². The Kier molecular flexibility index (Phi) is 10.6. The van der Waals surface area contributed by atoms with Crippen LogP contribution in [0.4, 0.5) is 5.69 Å². The first-order valence-electron chi connectivity index (χ1n) is 13.3. The van der Waals surface area contributed by atoms with Crippen LogP contribution in [0, 0.1) is 6.92 Å². The average molecular weight is 597 g/mol. The number of benzene rings is 4. The zero-order chi connectivity index (χ0) is 30.8. The molecule has 220 valence electrons. The summed E-state index contributed by atoms with van der Waals surface area (Å²) in [4.78, 5) is 39.9. The van der Waals surface area contributed by atoms with E-state index in [4.69, 9.17) is 14.2 Å². The molecule has 0 heterocycles. The van der Waals surface area contributed by atoms with Gasteiger partial charge in [0, 0.05) is 33.3 Å². The highest BCUT2D eigenvalue weighted by atomic mass is 32.2. The predicted octanol–water partition coefficient (Wildman–Crippen LogP) is 6.41. The second kappa shape index (κ2) is 14.7. The summed E-state index contributed by atoms with van der Waals surface area (Å²) in [5.74, 6) is 0.630. The van der Waals surface area contributed by atoms with Crippen LogP contribution in [0.15, 0.2) is 102 Å². The first-order valence-corrected chi connectivity index (χ1v) is 14.3. The molecule has 0 aliphatic carbocycles. The van der Waals surface area contributed by atoms with Crippen molar-refractivity contribution in [2.24, 2.45) is 0 Å². The van der Waals surface area contributed by atoms with Gasteiger partial charge in [-0.05, 0) is 55.5 Å². The van der Waals surface area contributed by atoms with E-state index in [1.165, 1.54) is 39.2 Å². The Balaban J connectivity index is 1.54. The monoisotopic (exact) mass is 596 g/mol. The minimum absolute atomic E-state index is 0.0125. The Morgan fingerprint density at radius 1 is 0.744 bits per heavy atom. The minimum Gasteiger partial charge on any atom is -0.496 e. The van der Waals surface area contributed by atoms with Gasteiger partial charge in [0.1, 0.15) is 11.4 Å². The molecule has 0 bridgehead atoms. The number of ketones is 1. The molecule has 0 aliphatic heterocycles. The highest BCUT2D eigenvalue weighted by Crippen LogP contribution is 2.35. The number of amides is 2. The van der Waals surface area contributed by atoms with Crippen LogP contribution < -0.4 is 24.8 Å². The van der Waals surface area contributed by atoms with Gasteiger partial charge in [-0.2, -0.15) is 0 Å². The van der Waals surface area contributed by atoms with Crippen LogP contribution in [-0.4, -0.2) is 44.7 Å². The highest BCUT2D eigenvalue weighted by Gasteiger charge is 2.18. The van der Waals surface area contributed by atoms with Crippen LogP contribution in [0.2, 0.25) is 0 Å². The number of rotatable bonds is 12. The molecule has 9 heteroatoms. The minimum atomic E-state index is -0.545. The van der Waals surface area contributed by atoms with Crippen molar-refractivity contribution in [3.8, 4) is 17.2 Å². The molecule has 2 amide bonds. The number of nitrogens with one attached hydrogen (secondary N) is 2. The Morgan fingerprint density at radius 2 is 1.37 bits per heavy atom. The number of hydrogen-bond donors (Lipinski definition) is 2. The van der Waals surface area contributed by atoms with E-state index in [2.05, 4.69) is 10.6 Å². The summed E-state index contributed by atoms with van der Waals surface area (Å²) in [5.41, 5.74) is 3.15. The van der Waals surface area contributed by atoms with Gasteiger partial charge in [0.25, 0.3) is 11.8 Å². The third kappa shape index (κ3) is 8.27. The SMILES string of the molecule is COc1cc(OC)c(OC)cc1/C=C(\NC(=O)c1ccccc1)C(=O)Nc1ccc(SCC(=O)c2ccc(C)cc2)cc1. The maximum Gasteiger partial charge on any atom is 0.272 e. The van der Waals surface area contributed by atoms with Gasteiger partial charge in [0.05, 0.1) is 27.1 Å². The lowest BCUT2D eigenvalue weighted by atomic mass is 10.1. The number of carbonyl (C=O) groups is 3. The molecule has 2 N–H and O–H groups in total.